The molecule has 0 aromatic heterocycles. The van der Waals surface area contributed by atoms with Crippen LogP contribution in [0, 0.1) is 12.7 Å². The van der Waals surface area contributed by atoms with E-state index in [1.807, 2.05) is 0 Å². The third-order valence-corrected chi connectivity index (χ3v) is 3.10. The molecule has 0 unspecified atom stereocenters. The van der Waals surface area contributed by atoms with Gasteiger partial charge in [0.25, 0.3) is 5.91 Å². The van der Waals surface area contributed by atoms with Crippen molar-refractivity contribution in [1.29, 1.82) is 0 Å². The number of carbonyl (C=O) groups is 1. The van der Waals surface area contributed by atoms with Gasteiger partial charge in [0.2, 0.25) is 10.0 Å². The Labute approximate surface area is 112 Å². The van der Waals surface area contributed by atoms with E-state index in [2.05, 4.69) is 10.0 Å². The third-order valence-electron chi connectivity index (χ3n) is 2.37. The second-order valence-electron chi connectivity index (χ2n) is 4.26. The predicted octanol–water partition coefficient (Wildman–Crippen LogP) is 0.803. The van der Waals surface area contributed by atoms with Crippen molar-refractivity contribution in [3.63, 3.8) is 0 Å². The maximum absolute atomic E-state index is 13.4. The number of halogens is 1. The quantitative estimate of drug-likeness (QED) is 0.760. The van der Waals surface area contributed by atoms with Gasteiger partial charge in [-0.2, -0.15) is 0 Å². The van der Waals surface area contributed by atoms with Crippen LogP contribution >= 0.6 is 0 Å². The van der Waals surface area contributed by atoms with E-state index in [-0.39, 0.29) is 18.7 Å². The fourth-order valence-corrected chi connectivity index (χ4v) is 1.97. The molecule has 0 saturated carbocycles. The lowest BCUT2D eigenvalue weighted by molar-refractivity contribution is 0.0949. The summed E-state index contributed by atoms with van der Waals surface area (Å²) >= 11 is 0. The van der Waals surface area contributed by atoms with Crippen LogP contribution in [0.3, 0.4) is 0 Å². The smallest absolute Gasteiger partial charge is 0.254 e. The first-order chi connectivity index (χ1) is 8.79. The zero-order chi connectivity index (χ0) is 14.5. The number of benzene rings is 1. The highest BCUT2D eigenvalue weighted by atomic mass is 32.2. The Balaban J connectivity index is 2.42. The van der Waals surface area contributed by atoms with E-state index < -0.39 is 21.7 Å². The van der Waals surface area contributed by atoms with Gasteiger partial charge in [-0.3, -0.25) is 4.79 Å². The maximum Gasteiger partial charge on any atom is 0.254 e. The zero-order valence-corrected chi connectivity index (χ0v) is 11.7. The fourth-order valence-electron chi connectivity index (χ4n) is 1.46. The highest BCUT2D eigenvalue weighted by molar-refractivity contribution is 7.88. The summed E-state index contributed by atoms with van der Waals surface area (Å²) in [7, 11) is -3.21. The van der Waals surface area contributed by atoms with Crippen LogP contribution in [-0.2, 0) is 10.0 Å². The summed E-state index contributed by atoms with van der Waals surface area (Å²) in [5, 5.41) is 2.54. The lowest BCUT2D eigenvalue weighted by atomic mass is 10.1. The van der Waals surface area contributed by atoms with Crippen LogP contribution in [0.5, 0.6) is 0 Å². The molecule has 19 heavy (non-hydrogen) atoms. The molecule has 1 amide bonds. The van der Waals surface area contributed by atoms with E-state index in [1.54, 1.807) is 13.0 Å². The number of hydrogen-bond donors (Lipinski definition) is 2. The number of amides is 1. The second-order valence-corrected chi connectivity index (χ2v) is 6.09. The van der Waals surface area contributed by atoms with Crippen LogP contribution in [0.1, 0.15) is 22.3 Å². The highest BCUT2D eigenvalue weighted by Gasteiger charge is 2.11. The molecular formula is C12H17FN2O3S. The lowest BCUT2D eigenvalue weighted by Crippen LogP contribution is -2.29. The van der Waals surface area contributed by atoms with Gasteiger partial charge in [-0.1, -0.05) is 11.6 Å². The summed E-state index contributed by atoms with van der Waals surface area (Å²) in [5.74, 6) is -1.07. The molecule has 2 N–H and O–H groups in total. The first kappa shape index (κ1) is 15.6. The SMILES string of the molecule is Cc1ccc(F)c(C(=O)NCCCNS(C)(=O)=O)c1. The number of rotatable bonds is 6. The Morgan fingerprint density at radius 3 is 2.63 bits per heavy atom. The zero-order valence-electron chi connectivity index (χ0n) is 10.9. The van der Waals surface area contributed by atoms with Crippen LogP contribution in [-0.4, -0.2) is 33.7 Å². The second kappa shape index (κ2) is 6.63. The van der Waals surface area contributed by atoms with Gasteiger partial charge < -0.3 is 5.32 Å². The van der Waals surface area contributed by atoms with Crippen molar-refractivity contribution in [2.75, 3.05) is 19.3 Å². The van der Waals surface area contributed by atoms with Gasteiger partial charge in [0.05, 0.1) is 11.8 Å². The minimum Gasteiger partial charge on any atom is -0.352 e. The predicted molar refractivity (Wildman–Crippen MR) is 70.9 cm³/mol. The Kier molecular flexibility index (Phi) is 5.44. The molecule has 106 valence electrons. The normalized spacial score (nSPS) is 11.3. The minimum absolute atomic E-state index is 0.00364. The lowest BCUT2D eigenvalue weighted by Gasteiger charge is -2.07. The largest absolute Gasteiger partial charge is 0.352 e. The molecule has 1 aromatic rings. The van der Waals surface area contributed by atoms with Crippen LogP contribution in [0.25, 0.3) is 0 Å². The molecule has 0 aliphatic carbocycles. The molecule has 0 spiro atoms. The summed E-state index contributed by atoms with van der Waals surface area (Å²) in [6.07, 6.45) is 1.50. The van der Waals surface area contributed by atoms with Crippen molar-refractivity contribution in [1.82, 2.24) is 10.0 Å². The Bertz CT molecular complexity index is 558. The summed E-state index contributed by atoms with van der Waals surface area (Å²) in [6.45, 7) is 2.27. The average Bonchev–Trinajstić information content (AvgIpc) is 2.30. The topological polar surface area (TPSA) is 75.3 Å². The highest BCUT2D eigenvalue weighted by Crippen LogP contribution is 2.09. The molecule has 0 aliphatic rings. The van der Waals surface area contributed by atoms with Crippen LogP contribution in [0.2, 0.25) is 0 Å². The van der Waals surface area contributed by atoms with Gasteiger partial charge in [-0.05, 0) is 25.5 Å². The van der Waals surface area contributed by atoms with E-state index in [0.29, 0.717) is 6.42 Å². The van der Waals surface area contributed by atoms with E-state index in [1.165, 1.54) is 12.1 Å². The van der Waals surface area contributed by atoms with Crippen molar-refractivity contribution in [2.24, 2.45) is 0 Å². The van der Waals surface area contributed by atoms with Crippen molar-refractivity contribution in [2.45, 2.75) is 13.3 Å². The fraction of sp³-hybridized carbons (Fsp3) is 0.417. The summed E-state index contributed by atoms with van der Waals surface area (Å²) in [5.41, 5.74) is 0.793. The molecule has 0 saturated heterocycles. The van der Waals surface area contributed by atoms with E-state index in [4.69, 9.17) is 0 Å². The number of aryl methyl sites for hydroxylation is 1. The maximum atomic E-state index is 13.4. The Morgan fingerprint density at radius 2 is 2.00 bits per heavy atom. The number of carbonyl (C=O) groups excluding carboxylic acids is 1. The molecule has 0 radical (unpaired) electrons. The number of sulfonamides is 1. The van der Waals surface area contributed by atoms with Crippen LogP contribution in [0.15, 0.2) is 18.2 Å². The van der Waals surface area contributed by atoms with Gasteiger partial charge in [0, 0.05) is 13.1 Å². The molecule has 7 heteroatoms. The van der Waals surface area contributed by atoms with E-state index in [0.717, 1.165) is 11.8 Å². The summed E-state index contributed by atoms with van der Waals surface area (Å²) in [4.78, 5) is 11.7. The first-order valence-corrected chi connectivity index (χ1v) is 7.68. The summed E-state index contributed by atoms with van der Waals surface area (Å²) < 4.78 is 37.3. The molecule has 0 bridgehead atoms. The van der Waals surface area contributed by atoms with Gasteiger partial charge in [-0.25, -0.2) is 17.5 Å². The van der Waals surface area contributed by atoms with E-state index in [9.17, 15) is 17.6 Å². The molecule has 5 nitrogen and oxygen atoms in total. The monoisotopic (exact) mass is 288 g/mol. The Morgan fingerprint density at radius 1 is 1.32 bits per heavy atom. The van der Waals surface area contributed by atoms with E-state index >= 15 is 0 Å². The first-order valence-electron chi connectivity index (χ1n) is 5.78. The molecule has 1 rings (SSSR count). The number of nitrogens with one attached hydrogen (secondary N) is 2. The van der Waals surface area contributed by atoms with Crippen molar-refractivity contribution in [3.05, 3.63) is 35.1 Å². The van der Waals surface area contributed by atoms with Crippen molar-refractivity contribution >= 4 is 15.9 Å². The van der Waals surface area contributed by atoms with Gasteiger partial charge in [0.15, 0.2) is 0 Å². The standard InChI is InChI=1S/C12H17FN2O3S/c1-9-4-5-11(13)10(8-9)12(16)14-6-3-7-15-19(2,17)18/h4-5,8,15H,3,6-7H2,1-2H3,(H,14,16). The van der Waals surface area contributed by atoms with Crippen molar-refractivity contribution < 1.29 is 17.6 Å². The molecule has 0 atom stereocenters. The van der Waals surface area contributed by atoms with Crippen molar-refractivity contribution in [3.8, 4) is 0 Å². The molecule has 0 heterocycles. The number of hydrogen-bond acceptors (Lipinski definition) is 3. The molecule has 1 aromatic carbocycles. The third kappa shape index (κ3) is 5.80. The van der Waals surface area contributed by atoms with Gasteiger partial charge >= 0.3 is 0 Å². The average molecular weight is 288 g/mol. The molecule has 0 aliphatic heterocycles. The minimum atomic E-state index is -3.21. The van der Waals surface area contributed by atoms with Gasteiger partial charge in [0.1, 0.15) is 5.82 Å². The summed E-state index contributed by atoms with van der Waals surface area (Å²) in [6, 6.07) is 4.30. The molecule has 0 fully saturated rings. The van der Waals surface area contributed by atoms with Crippen LogP contribution in [0.4, 0.5) is 4.39 Å². The molecular weight excluding hydrogens is 271 g/mol. The Hall–Kier alpha value is -1.47. The van der Waals surface area contributed by atoms with Crippen LogP contribution < -0.4 is 10.0 Å². The van der Waals surface area contributed by atoms with Gasteiger partial charge in [-0.15, -0.1) is 0 Å².